The Kier molecular flexibility index (Phi) is 6.13. The maximum Gasteiger partial charge on any atom is 0.165 e. The summed E-state index contributed by atoms with van der Waals surface area (Å²) in [6.45, 7) is 8.98. The zero-order valence-electron chi connectivity index (χ0n) is 11.8. The fourth-order valence-electron chi connectivity index (χ4n) is 1.77. The minimum Gasteiger partial charge on any atom is -0.486 e. The molecule has 0 aliphatic rings. The van der Waals surface area contributed by atoms with Crippen molar-refractivity contribution in [1.82, 2.24) is 5.32 Å². The van der Waals surface area contributed by atoms with Gasteiger partial charge in [0.15, 0.2) is 11.6 Å². The average molecular weight is 253 g/mol. The third-order valence-electron chi connectivity index (χ3n) is 2.74. The van der Waals surface area contributed by atoms with Crippen molar-refractivity contribution in [3.63, 3.8) is 0 Å². The molecule has 0 aliphatic carbocycles. The standard InChI is InChI=1S/C15H24FNO/c1-5-6-13(10-17-11(2)3)18-15-9-12(4)7-8-14(15)16/h7-9,11,13,17H,5-6,10H2,1-4H3. The van der Waals surface area contributed by atoms with Gasteiger partial charge in [-0.3, -0.25) is 0 Å². The first-order chi connectivity index (χ1) is 8.52. The van der Waals surface area contributed by atoms with Gasteiger partial charge >= 0.3 is 0 Å². The van der Waals surface area contributed by atoms with E-state index >= 15 is 0 Å². The van der Waals surface area contributed by atoms with Crippen LogP contribution in [0.25, 0.3) is 0 Å². The van der Waals surface area contributed by atoms with Crippen LogP contribution in [0.15, 0.2) is 18.2 Å². The van der Waals surface area contributed by atoms with Crippen LogP contribution in [0.3, 0.4) is 0 Å². The molecule has 18 heavy (non-hydrogen) atoms. The molecule has 1 rings (SSSR count). The Morgan fingerprint density at radius 3 is 2.67 bits per heavy atom. The maximum absolute atomic E-state index is 13.6. The van der Waals surface area contributed by atoms with Crippen molar-refractivity contribution in [2.75, 3.05) is 6.54 Å². The van der Waals surface area contributed by atoms with Crippen LogP contribution in [-0.2, 0) is 0 Å². The van der Waals surface area contributed by atoms with Crippen LogP contribution >= 0.6 is 0 Å². The molecule has 2 nitrogen and oxygen atoms in total. The van der Waals surface area contributed by atoms with E-state index in [0.29, 0.717) is 11.8 Å². The van der Waals surface area contributed by atoms with Crippen LogP contribution in [-0.4, -0.2) is 18.7 Å². The first kappa shape index (κ1) is 15.0. The van der Waals surface area contributed by atoms with E-state index < -0.39 is 0 Å². The van der Waals surface area contributed by atoms with Crippen LogP contribution < -0.4 is 10.1 Å². The summed E-state index contributed by atoms with van der Waals surface area (Å²) in [6, 6.07) is 5.38. The van der Waals surface area contributed by atoms with Gasteiger partial charge in [0.05, 0.1) is 0 Å². The quantitative estimate of drug-likeness (QED) is 0.800. The summed E-state index contributed by atoms with van der Waals surface area (Å²) >= 11 is 0. The molecular formula is C15H24FNO. The molecule has 0 fully saturated rings. The molecule has 3 heteroatoms. The third kappa shape index (κ3) is 5.05. The molecule has 0 heterocycles. The SMILES string of the molecule is CCCC(CNC(C)C)Oc1cc(C)ccc1F. The van der Waals surface area contributed by atoms with Gasteiger partial charge in [0.2, 0.25) is 0 Å². The molecular weight excluding hydrogens is 229 g/mol. The summed E-state index contributed by atoms with van der Waals surface area (Å²) in [5.74, 6) is 0.0743. The van der Waals surface area contributed by atoms with Crippen LogP contribution in [0.2, 0.25) is 0 Å². The Balaban J connectivity index is 2.66. The summed E-state index contributed by atoms with van der Waals surface area (Å²) < 4.78 is 19.4. The largest absolute Gasteiger partial charge is 0.486 e. The Labute approximate surface area is 110 Å². The lowest BCUT2D eigenvalue weighted by molar-refractivity contribution is 0.175. The molecule has 102 valence electrons. The van der Waals surface area contributed by atoms with Gasteiger partial charge in [0.25, 0.3) is 0 Å². The predicted octanol–water partition coefficient (Wildman–Crippen LogP) is 3.68. The molecule has 0 spiro atoms. The third-order valence-corrected chi connectivity index (χ3v) is 2.74. The first-order valence-electron chi connectivity index (χ1n) is 6.69. The summed E-state index contributed by atoms with van der Waals surface area (Å²) in [4.78, 5) is 0. The number of aryl methyl sites for hydroxylation is 1. The Morgan fingerprint density at radius 2 is 2.06 bits per heavy atom. The molecule has 0 saturated carbocycles. The topological polar surface area (TPSA) is 21.3 Å². The van der Waals surface area contributed by atoms with Gasteiger partial charge in [-0.1, -0.05) is 33.3 Å². The van der Waals surface area contributed by atoms with Gasteiger partial charge in [-0.2, -0.15) is 0 Å². The fourth-order valence-corrected chi connectivity index (χ4v) is 1.77. The highest BCUT2D eigenvalue weighted by Crippen LogP contribution is 2.20. The normalized spacial score (nSPS) is 12.8. The smallest absolute Gasteiger partial charge is 0.165 e. The highest BCUT2D eigenvalue weighted by atomic mass is 19.1. The lowest BCUT2D eigenvalue weighted by Crippen LogP contribution is -2.35. The molecule has 0 bridgehead atoms. The van der Waals surface area contributed by atoms with E-state index in [4.69, 9.17) is 4.74 Å². The maximum atomic E-state index is 13.6. The molecule has 1 aromatic rings. The molecule has 0 aliphatic heterocycles. The van der Waals surface area contributed by atoms with Crippen molar-refractivity contribution in [2.45, 2.75) is 52.7 Å². The van der Waals surface area contributed by atoms with Gasteiger partial charge in [0.1, 0.15) is 6.10 Å². The Hall–Kier alpha value is -1.09. The van der Waals surface area contributed by atoms with E-state index in [1.54, 1.807) is 12.1 Å². The lowest BCUT2D eigenvalue weighted by atomic mass is 10.2. The number of halogens is 1. The highest BCUT2D eigenvalue weighted by Gasteiger charge is 2.13. The van der Waals surface area contributed by atoms with Crippen LogP contribution in [0.1, 0.15) is 39.2 Å². The number of benzene rings is 1. The fraction of sp³-hybridized carbons (Fsp3) is 0.600. The second-order valence-electron chi connectivity index (χ2n) is 5.03. The molecule has 1 atom stereocenters. The molecule has 1 N–H and O–H groups in total. The van der Waals surface area contributed by atoms with E-state index in [1.807, 2.05) is 6.92 Å². The summed E-state index contributed by atoms with van der Waals surface area (Å²) in [7, 11) is 0. The minimum atomic E-state index is -0.286. The number of hydrogen-bond donors (Lipinski definition) is 1. The van der Waals surface area contributed by atoms with E-state index in [-0.39, 0.29) is 11.9 Å². The van der Waals surface area contributed by atoms with E-state index in [2.05, 4.69) is 26.1 Å². The van der Waals surface area contributed by atoms with Gasteiger partial charge in [-0.05, 0) is 31.0 Å². The number of rotatable bonds is 7. The van der Waals surface area contributed by atoms with Crippen LogP contribution in [0, 0.1) is 12.7 Å². The minimum absolute atomic E-state index is 0.0219. The lowest BCUT2D eigenvalue weighted by Gasteiger charge is -2.21. The van der Waals surface area contributed by atoms with Crippen molar-refractivity contribution < 1.29 is 9.13 Å². The first-order valence-corrected chi connectivity index (χ1v) is 6.69. The van der Waals surface area contributed by atoms with Crippen molar-refractivity contribution in [3.05, 3.63) is 29.6 Å². The average Bonchev–Trinajstić information content (AvgIpc) is 2.31. The zero-order chi connectivity index (χ0) is 13.5. The van der Waals surface area contributed by atoms with Gasteiger partial charge in [-0.15, -0.1) is 0 Å². The molecule has 1 unspecified atom stereocenters. The molecule has 1 aromatic carbocycles. The Bertz CT molecular complexity index is 366. The molecule has 0 aromatic heterocycles. The van der Waals surface area contributed by atoms with Crippen molar-refractivity contribution in [2.24, 2.45) is 0 Å². The zero-order valence-corrected chi connectivity index (χ0v) is 11.8. The molecule has 0 saturated heterocycles. The van der Waals surface area contributed by atoms with Crippen molar-refractivity contribution in [1.29, 1.82) is 0 Å². The van der Waals surface area contributed by atoms with Crippen molar-refractivity contribution in [3.8, 4) is 5.75 Å². The summed E-state index contributed by atoms with van der Waals surface area (Å²) in [5, 5.41) is 3.34. The van der Waals surface area contributed by atoms with Crippen molar-refractivity contribution >= 4 is 0 Å². The van der Waals surface area contributed by atoms with Gasteiger partial charge in [0, 0.05) is 12.6 Å². The van der Waals surface area contributed by atoms with E-state index in [0.717, 1.165) is 24.9 Å². The predicted molar refractivity (Wildman–Crippen MR) is 73.6 cm³/mol. The summed E-state index contributed by atoms with van der Waals surface area (Å²) in [6.07, 6.45) is 1.97. The Morgan fingerprint density at radius 1 is 1.33 bits per heavy atom. The van der Waals surface area contributed by atoms with Crippen LogP contribution in [0.5, 0.6) is 5.75 Å². The second-order valence-corrected chi connectivity index (χ2v) is 5.03. The second kappa shape index (κ2) is 7.37. The molecule has 0 radical (unpaired) electrons. The van der Waals surface area contributed by atoms with Gasteiger partial charge < -0.3 is 10.1 Å². The van der Waals surface area contributed by atoms with E-state index in [9.17, 15) is 4.39 Å². The highest BCUT2D eigenvalue weighted by molar-refractivity contribution is 5.29. The number of nitrogens with one attached hydrogen (secondary N) is 1. The molecule has 0 amide bonds. The number of ether oxygens (including phenoxy) is 1. The monoisotopic (exact) mass is 253 g/mol. The van der Waals surface area contributed by atoms with E-state index in [1.165, 1.54) is 6.07 Å². The van der Waals surface area contributed by atoms with Crippen LogP contribution in [0.4, 0.5) is 4.39 Å². The number of hydrogen-bond acceptors (Lipinski definition) is 2. The summed E-state index contributed by atoms with van der Waals surface area (Å²) in [5.41, 5.74) is 1.01. The van der Waals surface area contributed by atoms with Gasteiger partial charge in [-0.25, -0.2) is 4.39 Å².